The number of benzene rings is 2. The summed E-state index contributed by atoms with van der Waals surface area (Å²) >= 11 is 6.01. The van der Waals surface area contributed by atoms with E-state index in [0.717, 1.165) is 18.5 Å². The van der Waals surface area contributed by atoms with Crippen LogP contribution in [0.4, 0.5) is 0 Å². The number of carbonyl (C=O) groups excluding carboxylic acids is 1. The van der Waals surface area contributed by atoms with Crippen molar-refractivity contribution in [1.82, 2.24) is 10.6 Å². The van der Waals surface area contributed by atoms with Crippen LogP contribution in [-0.4, -0.2) is 11.9 Å². The predicted molar refractivity (Wildman–Crippen MR) is 96.0 cm³/mol. The lowest BCUT2D eigenvalue weighted by Crippen LogP contribution is -2.48. The molecule has 1 amide bonds. The van der Waals surface area contributed by atoms with E-state index in [9.17, 15) is 4.79 Å². The van der Waals surface area contributed by atoms with Crippen molar-refractivity contribution in [2.45, 2.75) is 32.0 Å². The number of hydrogen-bond acceptors (Lipinski definition) is 2. The predicted octanol–water partition coefficient (Wildman–Crippen LogP) is 3.65. The lowest BCUT2D eigenvalue weighted by molar-refractivity contribution is -0.124. The molecule has 0 aliphatic carbocycles. The van der Waals surface area contributed by atoms with E-state index < -0.39 is 0 Å². The second-order valence-electron chi connectivity index (χ2n) is 5.69. The quantitative estimate of drug-likeness (QED) is 0.886. The van der Waals surface area contributed by atoms with Crippen LogP contribution in [0.5, 0.6) is 0 Å². The van der Waals surface area contributed by atoms with Crippen LogP contribution in [0, 0.1) is 0 Å². The van der Waals surface area contributed by atoms with Crippen LogP contribution in [0.2, 0.25) is 5.02 Å². The molecular formula is C18H20Cl2N2O. The van der Waals surface area contributed by atoms with Gasteiger partial charge in [-0.1, -0.05) is 48.0 Å². The highest BCUT2D eigenvalue weighted by molar-refractivity contribution is 6.30. The summed E-state index contributed by atoms with van der Waals surface area (Å²) in [5, 5.41) is 7.05. The molecule has 5 heteroatoms. The van der Waals surface area contributed by atoms with Gasteiger partial charge < -0.3 is 10.6 Å². The molecular weight excluding hydrogens is 331 g/mol. The second kappa shape index (κ2) is 7.82. The van der Waals surface area contributed by atoms with E-state index in [1.165, 1.54) is 11.1 Å². The maximum atomic E-state index is 12.5. The van der Waals surface area contributed by atoms with Crippen molar-refractivity contribution in [2.75, 3.05) is 0 Å². The molecule has 3 rings (SSSR count). The van der Waals surface area contributed by atoms with Crippen molar-refractivity contribution in [3.63, 3.8) is 0 Å². The van der Waals surface area contributed by atoms with Crippen LogP contribution >= 0.6 is 24.0 Å². The normalized spacial score (nSPS) is 17.6. The third kappa shape index (κ3) is 4.25. The Hall–Kier alpha value is -1.55. The van der Waals surface area contributed by atoms with Gasteiger partial charge in [-0.3, -0.25) is 4.79 Å². The number of carbonyl (C=O) groups is 1. The fourth-order valence-electron chi connectivity index (χ4n) is 2.81. The summed E-state index contributed by atoms with van der Waals surface area (Å²) in [6, 6.07) is 15.6. The number of hydrogen-bond donors (Lipinski definition) is 2. The first kappa shape index (κ1) is 17.8. The van der Waals surface area contributed by atoms with Crippen molar-refractivity contribution in [3.05, 3.63) is 70.2 Å². The molecule has 1 aliphatic heterocycles. The molecule has 3 nitrogen and oxygen atoms in total. The van der Waals surface area contributed by atoms with Gasteiger partial charge in [-0.2, -0.15) is 0 Å². The average molecular weight is 351 g/mol. The number of nitrogens with one attached hydrogen (secondary N) is 2. The SMILES string of the molecule is C[C@@H](NC(=O)C1Cc2ccccc2CN1)c1cccc(Cl)c1.Cl. The first-order valence-corrected chi connectivity index (χ1v) is 7.87. The molecule has 0 fully saturated rings. The van der Waals surface area contributed by atoms with E-state index >= 15 is 0 Å². The van der Waals surface area contributed by atoms with Gasteiger partial charge in [0.2, 0.25) is 5.91 Å². The summed E-state index contributed by atoms with van der Waals surface area (Å²) in [4.78, 5) is 12.5. The Morgan fingerprint density at radius 1 is 1.22 bits per heavy atom. The van der Waals surface area contributed by atoms with Crippen LogP contribution in [0.15, 0.2) is 48.5 Å². The zero-order chi connectivity index (χ0) is 15.5. The molecule has 2 atom stereocenters. The van der Waals surface area contributed by atoms with Gasteiger partial charge in [0.05, 0.1) is 12.1 Å². The molecule has 2 N–H and O–H groups in total. The topological polar surface area (TPSA) is 41.1 Å². The first-order chi connectivity index (χ1) is 10.6. The Labute approximate surface area is 147 Å². The summed E-state index contributed by atoms with van der Waals surface area (Å²) in [6.45, 7) is 2.71. The number of fused-ring (bicyclic) bond motifs is 1. The van der Waals surface area contributed by atoms with Crippen LogP contribution < -0.4 is 10.6 Å². The Morgan fingerprint density at radius 2 is 1.96 bits per heavy atom. The maximum Gasteiger partial charge on any atom is 0.237 e. The largest absolute Gasteiger partial charge is 0.348 e. The van der Waals surface area contributed by atoms with Gasteiger partial charge in [0, 0.05) is 11.6 Å². The van der Waals surface area contributed by atoms with Crippen LogP contribution in [0.25, 0.3) is 0 Å². The van der Waals surface area contributed by atoms with Crippen LogP contribution in [0.3, 0.4) is 0 Å². The molecule has 23 heavy (non-hydrogen) atoms. The van der Waals surface area contributed by atoms with E-state index in [1.807, 2.05) is 43.3 Å². The molecule has 0 aromatic heterocycles. The van der Waals surface area contributed by atoms with E-state index in [0.29, 0.717) is 5.02 Å². The Balaban J connectivity index is 0.00000192. The molecule has 2 aromatic carbocycles. The van der Waals surface area contributed by atoms with Crippen LogP contribution in [-0.2, 0) is 17.8 Å². The third-order valence-electron chi connectivity index (χ3n) is 4.11. The molecule has 0 bridgehead atoms. The zero-order valence-electron chi connectivity index (χ0n) is 12.9. The smallest absolute Gasteiger partial charge is 0.237 e. The van der Waals surface area contributed by atoms with Crippen molar-refractivity contribution >= 4 is 29.9 Å². The molecule has 0 saturated carbocycles. The Kier molecular flexibility index (Phi) is 6.05. The standard InChI is InChI=1S/C18H19ClN2O.ClH/c1-12(13-7-4-8-16(19)9-13)21-18(22)17-10-14-5-2-3-6-15(14)11-20-17;/h2-9,12,17,20H,10-11H2,1H3,(H,21,22);1H/t12-,17?;/m1./s1. The molecule has 1 unspecified atom stereocenters. The summed E-state index contributed by atoms with van der Waals surface area (Å²) in [7, 11) is 0. The highest BCUT2D eigenvalue weighted by atomic mass is 35.5. The summed E-state index contributed by atoms with van der Waals surface area (Å²) in [5.41, 5.74) is 3.53. The zero-order valence-corrected chi connectivity index (χ0v) is 14.5. The van der Waals surface area contributed by atoms with E-state index in [1.54, 1.807) is 0 Å². The van der Waals surface area contributed by atoms with Gasteiger partial charge in [0.25, 0.3) is 0 Å². The molecule has 0 spiro atoms. The lowest BCUT2D eigenvalue weighted by Gasteiger charge is -2.26. The van der Waals surface area contributed by atoms with E-state index in [4.69, 9.17) is 11.6 Å². The van der Waals surface area contributed by atoms with E-state index in [-0.39, 0.29) is 30.4 Å². The molecule has 0 radical (unpaired) electrons. The highest BCUT2D eigenvalue weighted by Gasteiger charge is 2.24. The fourth-order valence-corrected chi connectivity index (χ4v) is 3.01. The van der Waals surface area contributed by atoms with Gasteiger partial charge in [-0.25, -0.2) is 0 Å². The van der Waals surface area contributed by atoms with E-state index in [2.05, 4.69) is 22.8 Å². The Morgan fingerprint density at radius 3 is 2.70 bits per heavy atom. The summed E-state index contributed by atoms with van der Waals surface area (Å²) in [6.07, 6.45) is 0.726. The van der Waals surface area contributed by atoms with Crippen molar-refractivity contribution < 1.29 is 4.79 Å². The molecule has 0 saturated heterocycles. The van der Waals surface area contributed by atoms with Crippen molar-refractivity contribution in [1.29, 1.82) is 0 Å². The lowest BCUT2D eigenvalue weighted by atomic mass is 9.95. The van der Waals surface area contributed by atoms with Gasteiger partial charge in [0.15, 0.2) is 0 Å². The number of halogens is 2. The minimum absolute atomic E-state index is 0. The van der Waals surface area contributed by atoms with Gasteiger partial charge in [-0.15, -0.1) is 12.4 Å². The van der Waals surface area contributed by atoms with Gasteiger partial charge in [0.1, 0.15) is 0 Å². The maximum absolute atomic E-state index is 12.5. The summed E-state index contributed by atoms with van der Waals surface area (Å²) in [5.74, 6) is 0.0296. The number of rotatable bonds is 3. The first-order valence-electron chi connectivity index (χ1n) is 7.49. The van der Waals surface area contributed by atoms with Gasteiger partial charge >= 0.3 is 0 Å². The monoisotopic (exact) mass is 350 g/mol. The average Bonchev–Trinajstić information content (AvgIpc) is 2.54. The third-order valence-corrected chi connectivity index (χ3v) is 4.34. The van der Waals surface area contributed by atoms with Gasteiger partial charge in [-0.05, 0) is 42.2 Å². The Bertz CT molecular complexity index is 690. The molecule has 1 aliphatic rings. The van der Waals surface area contributed by atoms with Crippen molar-refractivity contribution in [3.8, 4) is 0 Å². The molecule has 1 heterocycles. The minimum Gasteiger partial charge on any atom is -0.348 e. The molecule has 122 valence electrons. The highest BCUT2D eigenvalue weighted by Crippen LogP contribution is 2.19. The van der Waals surface area contributed by atoms with Crippen molar-refractivity contribution in [2.24, 2.45) is 0 Å². The minimum atomic E-state index is -0.184. The second-order valence-corrected chi connectivity index (χ2v) is 6.13. The summed E-state index contributed by atoms with van der Waals surface area (Å²) < 4.78 is 0. The number of amides is 1. The van der Waals surface area contributed by atoms with Crippen LogP contribution in [0.1, 0.15) is 29.7 Å². The molecule has 2 aromatic rings. The fraction of sp³-hybridized carbons (Fsp3) is 0.278.